The molecule has 1 amide bonds. The van der Waals surface area contributed by atoms with Crippen molar-refractivity contribution in [3.05, 3.63) is 41.7 Å². The molecular formula is C16H20F3N5O. The van der Waals surface area contributed by atoms with Crippen molar-refractivity contribution >= 4 is 5.91 Å². The molecule has 1 aromatic heterocycles. The molecule has 0 N–H and O–H groups in total. The fraction of sp³-hybridized carbons (Fsp3) is 0.438. The third-order valence-electron chi connectivity index (χ3n) is 3.91. The minimum atomic E-state index is -4.38. The van der Waals surface area contributed by atoms with E-state index < -0.39 is 11.7 Å². The Morgan fingerprint density at radius 3 is 2.32 bits per heavy atom. The first-order valence-corrected chi connectivity index (χ1v) is 7.60. The van der Waals surface area contributed by atoms with Gasteiger partial charge < -0.3 is 4.90 Å². The average molecular weight is 355 g/mol. The van der Waals surface area contributed by atoms with Crippen LogP contribution in [0.3, 0.4) is 0 Å². The normalized spacial score (nSPS) is 13.1. The SMILES string of the molecule is C[C@@H](C(=O)N(C)Cc1cn(-c2ccc(C(F)(F)F)cc2)nn1)N(C)C. The van der Waals surface area contributed by atoms with E-state index in [-0.39, 0.29) is 18.5 Å². The van der Waals surface area contributed by atoms with Crippen LogP contribution in [0.4, 0.5) is 13.2 Å². The lowest BCUT2D eigenvalue weighted by atomic mass is 10.2. The van der Waals surface area contributed by atoms with Gasteiger partial charge in [0.1, 0.15) is 5.69 Å². The second-order valence-corrected chi connectivity index (χ2v) is 6.03. The Kier molecular flexibility index (Phi) is 5.46. The zero-order valence-corrected chi connectivity index (χ0v) is 14.4. The number of rotatable bonds is 5. The van der Waals surface area contributed by atoms with E-state index in [0.29, 0.717) is 11.4 Å². The first-order valence-electron chi connectivity index (χ1n) is 7.60. The number of likely N-dealkylation sites (N-methyl/N-ethyl adjacent to an activating group) is 2. The molecule has 2 rings (SSSR count). The van der Waals surface area contributed by atoms with Crippen LogP contribution in [0.2, 0.25) is 0 Å². The van der Waals surface area contributed by atoms with E-state index in [0.717, 1.165) is 12.1 Å². The molecule has 1 aromatic carbocycles. The van der Waals surface area contributed by atoms with E-state index in [9.17, 15) is 18.0 Å². The summed E-state index contributed by atoms with van der Waals surface area (Å²) < 4.78 is 39.2. The van der Waals surface area contributed by atoms with Gasteiger partial charge in [0.05, 0.1) is 30.0 Å². The van der Waals surface area contributed by atoms with Crippen LogP contribution in [-0.4, -0.2) is 57.9 Å². The number of aromatic nitrogens is 3. The maximum Gasteiger partial charge on any atom is 0.416 e. The number of amides is 1. The number of nitrogens with zero attached hydrogens (tertiary/aromatic N) is 5. The molecular weight excluding hydrogens is 335 g/mol. The number of hydrogen-bond donors (Lipinski definition) is 0. The van der Waals surface area contributed by atoms with Crippen LogP contribution in [0, 0.1) is 0 Å². The van der Waals surface area contributed by atoms with Crippen molar-refractivity contribution < 1.29 is 18.0 Å². The van der Waals surface area contributed by atoms with Gasteiger partial charge in [-0.25, -0.2) is 4.68 Å². The van der Waals surface area contributed by atoms with Gasteiger partial charge in [-0.15, -0.1) is 5.10 Å². The van der Waals surface area contributed by atoms with Gasteiger partial charge >= 0.3 is 6.18 Å². The summed E-state index contributed by atoms with van der Waals surface area (Å²) in [4.78, 5) is 15.6. The standard InChI is InChI=1S/C16H20F3N5O/c1-11(22(2)3)15(25)23(4)9-13-10-24(21-20-13)14-7-5-12(6-8-14)16(17,18)19/h5-8,10-11H,9H2,1-4H3/t11-/m0/s1. The van der Waals surface area contributed by atoms with Crippen molar-refractivity contribution in [3.63, 3.8) is 0 Å². The molecule has 0 fully saturated rings. The molecule has 1 atom stereocenters. The smallest absolute Gasteiger partial charge is 0.338 e. The number of benzene rings is 1. The van der Waals surface area contributed by atoms with Crippen molar-refractivity contribution in [2.75, 3.05) is 21.1 Å². The molecule has 6 nitrogen and oxygen atoms in total. The molecule has 0 radical (unpaired) electrons. The Morgan fingerprint density at radius 1 is 1.20 bits per heavy atom. The summed E-state index contributed by atoms with van der Waals surface area (Å²) in [5.41, 5.74) is 0.281. The lowest BCUT2D eigenvalue weighted by Crippen LogP contribution is -2.42. The van der Waals surface area contributed by atoms with E-state index >= 15 is 0 Å². The van der Waals surface area contributed by atoms with Crippen molar-refractivity contribution in [2.45, 2.75) is 25.7 Å². The third-order valence-corrected chi connectivity index (χ3v) is 3.91. The van der Waals surface area contributed by atoms with Crippen LogP contribution in [0.5, 0.6) is 0 Å². The number of carbonyl (C=O) groups is 1. The molecule has 0 saturated heterocycles. The summed E-state index contributed by atoms with van der Waals surface area (Å²) in [6.45, 7) is 2.07. The topological polar surface area (TPSA) is 54.3 Å². The van der Waals surface area contributed by atoms with Gasteiger partial charge in [0.15, 0.2) is 0 Å². The number of alkyl halides is 3. The van der Waals surface area contributed by atoms with Crippen LogP contribution >= 0.6 is 0 Å². The molecule has 25 heavy (non-hydrogen) atoms. The molecule has 136 valence electrons. The summed E-state index contributed by atoms with van der Waals surface area (Å²) in [5, 5.41) is 7.88. The summed E-state index contributed by atoms with van der Waals surface area (Å²) in [5.74, 6) is -0.0610. The lowest BCUT2D eigenvalue weighted by molar-refractivity contribution is -0.137. The van der Waals surface area contributed by atoms with E-state index in [1.807, 2.05) is 14.1 Å². The quantitative estimate of drug-likeness (QED) is 0.825. The average Bonchev–Trinajstić information content (AvgIpc) is 3.01. The van der Waals surface area contributed by atoms with Crippen LogP contribution < -0.4 is 0 Å². The van der Waals surface area contributed by atoms with Crippen molar-refractivity contribution in [2.24, 2.45) is 0 Å². The largest absolute Gasteiger partial charge is 0.416 e. The van der Waals surface area contributed by atoms with Crippen LogP contribution in [-0.2, 0) is 17.5 Å². The van der Waals surface area contributed by atoms with Gasteiger partial charge in [-0.3, -0.25) is 9.69 Å². The summed E-state index contributed by atoms with van der Waals surface area (Å²) in [6.07, 6.45) is -2.79. The minimum Gasteiger partial charge on any atom is -0.338 e. The van der Waals surface area contributed by atoms with Gasteiger partial charge in [0.25, 0.3) is 0 Å². The highest BCUT2D eigenvalue weighted by atomic mass is 19.4. The third kappa shape index (κ3) is 4.56. The molecule has 0 spiro atoms. The molecule has 2 aromatic rings. The van der Waals surface area contributed by atoms with Gasteiger partial charge in [0, 0.05) is 7.05 Å². The number of carbonyl (C=O) groups excluding carboxylic acids is 1. The second kappa shape index (κ2) is 7.22. The Labute approximate surface area is 143 Å². The van der Waals surface area contributed by atoms with Gasteiger partial charge in [-0.05, 0) is 45.3 Å². The maximum atomic E-state index is 12.6. The van der Waals surface area contributed by atoms with Crippen LogP contribution in [0.1, 0.15) is 18.2 Å². The Bertz CT molecular complexity index is 724. The zero-order chi connectivity index (χ0) is 18.8. The Morgan fingerprint density at radius 2 is 1.80 bits per heavy atom. The summed E-state index contributed by atoms with van der Waals surface area (Å²) in [7, 11) is 5.30. The van der Waals surface area contributed by atoms with Crippen molar-refractivity contribution in [1.29, 1.82) is 0 Å². The van der Waals surface area contributed by atoms with Crippen LogP contribution in [0.25, 0.3) is 5.69 Å². The predicted molar refractivity (Wildman–Crippen MR) is 86.0 cm³/mol. The Hall–Kier alpha value is -2.42. The highest BCUT2D eigenvalue weighted by Crippen LogP contribution is 2.29. The first-order chi connectivity index (χ1) is 11.6. The highest BCUT2D eigenvalue weighted by molar-refractivity contribution is 5.81. The molecule has 0 aliphatic carbocycles. The van der Waals surface area contributed by atoms with E-state index in [4.69, 9.17) is 0 Å². The highest BCUT2D eigenvalue weighted by Gasteiger charge is 2.30. The molecule has 0 saturated carbocycles. The lowest BCUT2D eigenvalue weighted by Gasteiger charge is -2.24. The minimum absolute atomic E-state index is 0.0610. The molecule has 0 aliphatic heterocycles. The zero-order valence-electron chi connectivity index (χ0n) is 14.4. The van der Waals surface area contributed by atoms with Crippen molar-refractivity contribution in [3.8, 4) is 5.69 Å². The summed E-state index contributed by atoms with van der Waals surface area (Å²) in [6, 6.07) is 4.36. The number of halogens is 3. The van der Waals surface area contributed by atoms with E-state index in [2.05, 4.69) is 10.3 Å². The Balaban J connectivity index is 2.08. The molecule has 0 unspecified atom stereocenters. The number of hydrogen-bond acceptors (Lipinski definition) is 4. The van der Waals surface area contributed by atoms with Crippen LogP contribution in [0.15, 0.2) is 30.5 Å². The fourth-order valence-corrected chi connectivity index (χ4v) is 2.16. The molecule has 0 aliphatic rings. The first kappa shape index (κ1) is 18.9. The van der Waals surface area contributed by atoms with Gasteiger partial charge in [0.2, 0.25) is 5.91 Å². The predicted octanol–water partition coefficient (Wildman–Crippen LogP) is 2.19. The maximum absolute atomic E-state index is 12.6. The fourth-order valence-electron chi connectivity index (χ4n) is 2.16. The van der Waals surface area contributed by atoms with E-state index in [1.165, 1.54) is 21.7 Å². The van der Waals surface area contributed by atoms with Gasteiger partial charge in [-0.2, -0.15) is 13.2 Å². The second-order valence-electron chi connectivity index (χ2n) is 6.03. The molecule has 0 bridgehead atoms. The molecule has 9 heteroatoms. The van der Waals surface area contributed by atoms with Gasteiger partial charge in [-0.1, -0.05) is 5.21 Å². The molecule has 1 heterocycles. The van der Waals surface area contributed by atoms with Crippen molar-refractivity contribution in [1.82, 2.24) is 24.8 Å². The van der Waals surface area contributed by atoms with E-state index in [1.54, 1.807) is 25.1 Å². The summed E-state index contributed by atoms with van der Waals surface area (Å²) >= 11 is 0. The monoisotopic (exact) mass is 355 g/mol.